The van der Waals surface area contributed by atoms with Gasteiger partial charge in [-0.2, -0.15) is 17.2 Å². The lowest BCUT2D eigenvalue weighted by atomic mass is 10.4. The number of nitrogens with zero attached hydrogens (tertiary/aromatic N) is 1. The van der Waals surface area contributed by atoms with Gasteiger partial charge in [0.2, 0.25) is 0 Å². The molecule has 0 fully saturated rings. The van der Waals surface area contributed by atoms with E-state index in [4.69, 9.17) is 4.55 Å². The summed E-state index contributed by atoms with van der Waals surface area (Å²) in [5.41, 5.74) is -2.37. The van der Waals surface area contributed by atoms with Crippen molar-refractivity contribution in [3.05, 3.63) is 28.4 Å². The predicted octanol–water partition coefficient (Wildman–Crippen LogP) is -0.293. The third-order valence-corrected chi connectivity index (χ3v) is 2.18. The normalized spacial score (nSPS) is 12.8. The fourth-order valence-corrected chi connectivity index (χ4v) is 1.07. The number of hydrogen-bond donors (Lipinski definition) is 2. The Kier molecular flexibility index (Phi) is 2.37. The van der Waals surface area contributed by atoms with E-state index < -0.39 is 26.8 Å². The first-order chi connectivity index (χ1) is 6.25. The third kappa shape index (κ3) is 1.77. The van der Waals surface area contributed by atoms with E-state index in [0.717, 1.165) is 0 Å². The van der Waals surface area contributed by atoms with Gasteiger partial charge < -0.3 is 4.98 Å². The van der Waals surface area contributed by atoms with Crippen molar-refractivity contribution in [3.63, 3.8) is 0 Å². The summed E-state index contributed by atoms with van der Waals surface area (Å²) in [7, 11) is -5.60. The van der Waals surface area contributed by atoms with E-state index in [9.17, 15) is 22.0 Å². The Labute approximate surface area is 76.4 Å². The molecule has 1 aromatic heterocycles. The number of nitrogens with one attached hydrogen (secondary N) is 1. The second-order valence-electron chi connectivity index (χ2n) is 2.28. The zero-order valence-corrected chi connectivity index (χ0v) is 7.25. The van der Waals surface area contributed by atoms with Gasteiger partial charge in [0.05, 0.1) is 0 Å². The molecular weight excluding hydrogens is 222 g/mol. The van der Waals surface area contributed by atoms with E-state index >= 15 is 0 Å². The van der Waals surface area contributed by atoms with Crippen molar-refractivity contribution in [2.24, 2.45) is 0 Å². The van der Waals surface area contributed by atoms with Crippen molar-refractivity contribution in [1.29, 1.82) is 0 Å². The second kappa shape index (κ2) is 3.10. The van der Waals surface area contributed by atoms with Crippen molar-refractivity contribution >= 4 is 10.1 Å². The minimum absolute atomic E-state index is 0.579. The first-order valence-corrected chi connectivity index (χ1v) is 4.60. The Balaban J connectivity index is 3.38. The lowest BCUT2D eigenvalue weighted by Crippen LogP contribution is -2.29. The SMILES string of the molecule is O=c1nccc(C(F)(F)S(=O)(=O)O)[nH]1. The molecule has 1 rings (SSSR count). The zero-order valence-electron chi connectivity index (χ0n) is 6.44. The maximum atomic E-state index is 12.8. The van der Waals surface area contributed by atoms with Crippen LogP contribution in [0.2, 0.25) is 0 Å². The molecule has 0 unspecified atom stereocenters. The quantitative estimate of drug-likeness (QED) is 0.675. The van der Waals surface area contributed by atoms with Gasteiger partial charge in [0, 0.05) is 6.20 Å². The summed E-state index contributed by atoms with van der Waals surface area (Å²) in [6.07, 6.45) is 0.702. The first kappa shape index (κ1) is 10.7. The molecule has 0 radical (unpaired) electrons. The fourth-order valence-electron chi connectivity index (χ4n) is 0.677. The van der Waals surface area contributed by atoms with Crippen molar-refractivity contribution in [3.8, 4) is 0 Å². The molecule has 0 bridgehead atoms. The highest BCUT2D eigenvalue weighted by molar-refractivity contribution is 7.86. The Morgan fingerprint density at radius 1 is 1.50 bits per heavy atom. The van der Waals surface area contributed by atoms with Gasteiger partial charge in [-0.3, -0.25) is 4.55 Å². The third-order valence-electron chi connectivity index (χ3n) is 1.31. The molecule has 1 aromatic rings. The van der Waals surface area contributed by atoms with Crippen LogP contribution in [0.1, 0.15) is 5.69 Å². The van der Waals surface area contributed by atoms with Crippen LogP contribution in [-0.2, 0) is 15.4 Å². The van der Waals surface area contributed by atoms with Crippen LogP contribution in [0.5, 0.6) is 0 Å². The molecule has 0 aliphatic heterocycles. The minimum atomic E-state index is -5.60. The van der Waals surface area contributed by atoms with Gasteiger partial charge in [-0.05, 0) is 6.07 Å². The second-order valence-corrected chi connectivity index (χ2v) is 3.74. The van der Waals surface area contributed by atoms with Crippen LogP contribution in [0.15, 0.2) is 17.1 Å². The maximum absolute atomic E-state index is 12.8. The highest BCUT2D eigenvalue weighted by atomic mass is 32.2. The van der Waals surface area contributed by atoms with Crippen LogP contribution in [0.4, 0.5) is 8.78 Å². The average molecular weight is 226 g/mol. The Morgan fingerprint density at radius 2 is 2.07 bits per heavy atom. The van der Waals surface area contributed by atoms with Gasteiger partial charge in [-0.15, -0.1) is 0 Å². The molecule has 6 nitrogen and oxygen atoms in total. The van der Waals surface area contributed by atoms with Crippen LogP contribution in [-0.4, -0.2) is 22.9 Å². The van der Waals surface area contributed by atoms with Crippen molar-refractivity contribution in [2.45, 2.75) is 5.25 Å². The molecule has 0 spiro atoms. The standard InChI is InChI=1S/C5H4F2N2O4S/c6-5(7,14(11,12)13)3-1-2-8-4(10)9-3/h1-2H,(H,8,9,10)(H,11,12,13). The first-order valence-electron chi connectivity index (χ1n) is 3.16. The molecule has 0 aliphatic rings. The number of aromatic nitrogens is 2. The molecular formula is C5H4F2N2O4S. The summed E-state index contributed by atoms with van der Waals surface area (Å²) in [6, 6.07) is 0.579. The maximum Gasteiger partial charge on any atom is 0.409 e. The monoisotopic (exact) mass is 226 g/mol. The lowest BCUT2D eigenvalue weighted by molar-refractivity contribution is 0.0738. The molecule has 0 aromatic carbocycles. The number of H-pyrrole nitrogens is 1. The summed E-state index contributed by atoms with van der Waals surface area (Å²) in [6.45, 7) is 0. The van der Waals surface area contributed by atoms with E-state index in [1.54, 1.807) is 0 Å². The smallest absolute Gasteiger partial charge is 0.303 e. The molecule has 78 valence electrons. The summed E-state index contributed by atoms with van der Waals surface area (Å²) < 4.78 is 54.2. The zero-order chi connectivity index (χ0) is 11.0. The van der Waals surface area contributed by atoms with E-state index in [-0.39, 0.29) is 0 Å². The molecule has 14 heavy (non-hydrogen) atoms. The lowest BCUT2D eigenvalue weighted by Gasteiger charge is -2.11. The number of rotatable bonds is 2. The number of halogens is 2. The molecule has 0 saturated heterocycles. The summed E-state index contributed by atoms with van der Waals surface area (Å²) in [4.78, 5) is 15.0. The van der Waals surface area contributed by atoms with Gasteiger partial charge in [0.15, 0.2) is 0 Å². The average Bonchev–Trinajstić information content (AvgIpc) is 2.02. The van der Waals surface area contributed by atoms with Gasteiger partial charge in [-0.25, -0.2) is 9.78 Å². The van der Waals surface area contributed by atoms with E-state index in [1.807, 2.05) is 0 Å². The molecule has 0 saturated carbocycles. The van der Waals surface area contributed by atoms with Gasteiger partial charge >= 0.3 is 21.1 Å². The number of aromatic amines is 1. The molecule has 0 aliphatic carbocycles. The largest absolute Gasteiger partial charge is 0.409 e. The van der Waals surface area contributed by atoms with Crippen molar-refractivity contribution in [2.75, 3.05) is 0 Å². The summed E-state index contributed by atoms with van der Waals surface area (Å²) in [5.74, 6) is 0. The Hall–Kier alpha value is -1.35. The van der Waals surface area contributed by atoms with E-state index in [0.29, 0.717) is 12.3 Å². The van der Waals surface area contributed by atoms with Gasteiger partial charge in [0.25, 0.3) is 0 Å². The van der Waals surface area contributed by atoms with Crippen LogP contribution in [0.3, 0.4) is 0 Å². The fraction of sp³-hybridized carbons (Fsp3) is 0.200. The van der Waals surface area contributed by atoms with Crippen molar-refractivity contribution in [1.82, 2.24) is 9.97 Å². The van der Waals surface area contributed by atoms with Crippen LogP contribution in [0.25, 0.3) is 0 Å². The Morgan fingerprint density at radius 3 is 2.50 bits per heavy atom. The summed E-state index contributed by atoms with van der Waals surface area (Å²) >= 11 is 0. The molecule has 9 heteroatoms. The van der Waals surface area contributed by atoms with E-state index in [2.05, 4.69) is 4.98 Å². The predicted molar refractivity (Wildman–Crippen MR) is 40.3 cm³/mol. The topological polar surface area (TPSA) is 100 Å². The molecule has 0 amide bonds. The molecule has 0 atom stereocenters. The van der Waals surface area contributed by atoms with Gasteiger partial charge in [0.1, 0.15) is 5.69 Å². The molecule has 1 heterocycles. The van der Waals surface area contributed by atoms with Crippen molar-refractivity contribution < 1.29 is 21.8 Å². The van der Waals surface area contributed by atoms with Gasteiger partial charge in [-0.1, -0.05) is 0 Å². The van der Waals surface area contributed by atoms with Crippen LogP contribution < -0.4 is 5.69 Å². The van der Waals surface area contributed by atoms with Crippen LogP contribution >= 0.6 is 0 Å². The number of hydrogen-bond acceptors (Lipinski definition) is 4. The highest BCUT2D eigenvalue weighted by Crippen LogP contribution is 2.30. The van der Waals surface area contributed by atoms with Crippen LogP contribution in [0, 0.1) is 0 Å². The molecule has 2 N–H and O–H groups in total. The minimum Gasteiger partial charge on any atom is -0.303 e. The Bertz CT molecular complexity index is 494. The number of alkyl halides is 2. The highest BCUT2D eigenvalue weighted by Gasteiger charge is 2.47. The van der Waals surface area contributed by atoms with E-state index in [1.165, 1.54) is 4.98 Å². The summed E-state index contributed by atoms with van der Waals surface area (Å²) in [5, 5.41) is -4.55.